The van der Waals surface area contributed by atoms with Crippen LogP contribution in [0.25, 0.3) is 11.3 Å². The lowest BCUT2D eigenvalue weighted by Crippen LogP contribution is -2.48. The Morgan fingerprint density at radius 1 is 0.800 bits per heavy atom. The molecule has 7 nitrogen and oxygen atoms in total. The van der Waals surface area contributed by atoms with E-state index in [1.54, 1.807) is 24.3 Å². The van der Waals surface area contributed by atoms with E-state index < -0.39 is 5.91 Å². The average Bonchev–Trinajstić information content (AvgIpc) is 3.38. The molecule has 1 aliphatic heterocycles. The van der Waals surface area contributed by atoms with E-state index in [0.29, 0.717) is 5.69 Å². The molecule has 5 rings (SSSR count). The lowest BCUT2D eigenvalue weighted by Gasteiger charge is -2.40. The predicted octanol–water partition coefficient (Wildman–Crippen LogP) is 3.76. The van der Waals surface area contributed by atoms with Crippen LogP contribution in [0.5, 0.6) is 0 Å². The molecule has 1 aliphatic rings. The number of aromatic amines is 1. The molecule has 1 amide bonds. The van der Waals surface area contributed by atoms with Crippen molar-refractivity contribution in [3.63, 3.8) is 0 Å². The molecule has 35 heavy (non-hydrogen) atoms. The quantitative estimate of drug-likeness (QED) is 0.444. The third-order valence-electron chi connectivity index (χ3n) is 6.34. The fourth-order valence-corrected chi connectivity index (χ4v) is 4.58. The molecule has 1 saturated heterocycles. The number of rotatable bonds is 6. The molecule has 0 unspecified atom stereocenters. The highest BCUT2D eigenvalue weighted by atomic mass is 19.1. The van der Waals surface area contributed by atoms with E-state index in [2.05, 4.69) is 25.2 Å². The Morgan fingerprint density at radius 2 is 1.34 bits per heavy atom. The molecule has 3 N–H and O–H groups in total. The van der Waals surface area contributed by atoms with Gasteiger partial charge < -0.3 is 10.6 Å². The second-order valence-corrected chi connectivity index (χ2v) is 8.46. The van der Waals surface area contributed by atoms with Crippen molar-refractivity contribution in [2.24, 2.45) is 5.73 Å². The summed E-state index contributed by atoms with van der Waals surface area (Å²) in [5.41, 5.74) is 9.64. The number of halogens is 2. The molecule has 4 aromatic rings. The van der Waals surface area contributed by atoms with Gasteiger partial charge in [-0.05, 0) is 47.5 Å². The number of carbonyl (C=O) groups is 1. The first-order chi connectivity index (χ1) is 17.0. The minimum atomic E-state index is -0.634. The number of carbonyl (C=O) groups excluding carboxylic acids is 1. The van der Waals surface area contributed by atoms with Crippen molar-refractivity contribution in [3.05, 3.63) is 101 Å². The van der Waals surface area contributed by atoms with Crippen LogP contribution in [-0.2, 0) is 0 Å². The Bertz CT molecular complexity index is 1250. The molecule has 0 saturated carbocycles. The van der Waals surface area contributed by atoms with E-state index in [1.807, 2.05) is 24.3 Å². The zero-order chi connectivity index (χ0) is 24.4. The first-order valence-electron chi connectivity index (χ1n) is 11.3. The summed E-state index contributed by atoms with van der Waals surface area (Å²) in [4.78, 5) is 16.2. The van der Waals surface area contributed by atoms with Gasteiger partial charge in [-0.3, -0.25) is 9.69 Å². The van der Waals surface area contributed by atoms with Crippen molar-refractivity contribution in [2.75, 3.05) is 31.1 Å². The molecule has 3 aromatic carbocycles. The van der Waals surface area contributed by atoms with Crippen molar-refractivity contribution in [3.8, 4) is 11.3 Å². The predicted molar refractivity (Wildman–Crippen MR) is 129 cm³/mol. The molecule has 178 valence electrons. The number of piperazine rings is 1. The third-order valence-corrected chi connectivity index (χ3v) is 6.34. The number of H-pyrrole nitrogens is 1. The molecular weight excluding hydrogens is 450 g/mol. The topological polar surface area (TPSA) is 91.1 Å². The van der Waals surface area contributed by atoms with Crippen molar-refractivity contribution < 1.29 is 13.6 Å². The van der Waals surface area contributed by atoms with E-state index in [9.17, 15) is 13.6 Å². The normalized spacial score (nSPS) is 14.4. The van der Waals surface area contributed by atoms with Crippen LogP contribution in [0.2, 0.25) is 0 Å². The van der Waals surface area contributed by atoms with Crippen molar-refractivity contribution in [1.82, 2.24) is 20.3 Å². The SMILES string of the molecule is NC(=O)c1n[nH]nc1-c1ccc(N2CCN(C(c3ccc(F)cc3)c3ccc(F)cc3)CC2)cc1. The van der Waals surface area contributed by atoms with Gasteiger partial charge in [0.1, 0.15) is 17.3 Å². The largest absolute Gasteiger partial charge is 0.369 e. The lowest BCUT2D eigenvalue weighted by atomic mass is 9.96. The van der Waals surface area contributed by atoms with Crippen molar-refractivity contribution in [1.29, 1.82) is 0 Å². The zero-order valence-electron chi connectivity index (χ0n) is 18.9. The smallest absolute Gasteiger partial charge is 0.271 e. The highest BCUT2D eigenvalue weighted by Gasteiger charge is 2.27. The Hall–Kier alpha value is -4.11. The van der Waals surface area contributed by atoms with Gasteiger partial charge in [-0.1, -0.05) is 36.4 Å². The number of aromatic nitrogens is 3. The summed E-state index contributed by atoms with van der Waals surface area (Å²) in [5, 5.41) is 10.3. The first kappa shape index (κ1) is 22.7. The van der Waals surface area contributed by atoms with Gasteiger partial charge in [0.05, 0.1) is 6.04 Å². The summed E-state index contributed by atoms with van der Waals surface area (Å²) >= 11 is 0. The average molecular weight is 475 g/mol. The summed E-state index contributed by atoms with van der Waals surface area (Å²) < 4.78 is 27.1. The minimum Gasteiger partial charge on any atom is -0.369 e. The van der Waals surface area contributed by atoms with Gasteiger partial charge in [-0.25, -0.2) is 8.78 Å². The third kappa shape index (κ3) is 4.76. The molecule has 0 radical (unpaired) electrons. The van der Waals surface area contributed by atoms with Gasteiger partial charge in [0.25, 0.3) is 5.91 Å². The lowest BCUT2D eigenvalue weighted by molar-refractivity contribution is 0.0996. The Balaban J connectivity index is 1.32. The molecule has 0 aliphatic carbocycles. The van der Waals surface area contributed by atoms with Crippen LogP contribution in [0.15, 0.2) is 72.8 Å². The van der Waals surface area contributed by atoms with Crippen LogP contribution in [0.1, 0.15) is 27.7 Å². The maximum Gasteiger partial charge on any atom is 0.271 e. The standard InChI is InChI=1S/C26H24F2N6O/c27-20-7-1-18(2-8-20)25(19-3-9-21(28)10-4-19)34-15-13-33(14-16-34)22-11-5-17(6-12-22)23-24(26(29)35)31-32-30-23/h1-12,25H,13-16H2,(H2,29,35)(H,30,31,32). The van der Waals surface area contributed by atoms with E-state index in [1.165, 1.54) is 24.3 Å². The molecule has 1 fully saturated rings. The van der Waals surface area contributed by atoms with E-state index in [0.717, 1.165) is 48.6 Å². The summed E-state index contributed by atoms with van der Waals surface area (Å²) in [5.74, 6) is -1.20. The van der Waals surface area contributed by atoms with Crippen LogP contribution in [-0.4, -0.2) is 52.4 Å². The van der Waals surface area contributed by atoms with Crippen LogP contribution in [0.3, 0.4) is 0 Å². The summed E-state index contributed by atoms with van der Waals surface area (Å²) in [6, 6.07) is 20.7. The number of anilines is 1. The van der Waals surface area contributed by atoms with Crippen LogP contribution in [0.4, 0.5) is 14.5 Å². The number of nitrogens with one attached hydrogen (secondary N) is 1. The fraction of sp³-hybridized carbons (Fsp3) is 0.192. The number of primary amides is 1. The number of amides is 1. The van der Waals surface area contributed by atoms with E-state index in [-0.39, 0.29) is 23.4 Å². The molecular formula is C26H24F2N6O. The van der Waals surface area contributed by atoms with Gasteiger partial charge >= 0.3 is 0 Å². The van der Waals surface area contributed by atoms with E-state index >= 15 is 0 Å². The van der Waals surface area contributed by atoms with Crippen LogP contribution < -0.4 is 10.6 Å². The Kier molecular flexibility index (Phi) is 6.24. The number of hydrogen-bond donors (Lipinski definition) is 2. The highest BCUT2D eigenvalue weighted by molar-refractivity contribution is 5.96. The maximum atomic E-state index is 13.6. The van der Waals surface area contributed by atoms with Gasteiger partial charge in [-0.15, -0.1) is 0 Å². The van der Waals surface area contributed by atoms with Crippen molar-refractivity contribution in [2.45, 2.75) is 6.04 Å². The summed E-state index contributed by atoms with van der Waals surface area (Å²) in [6.07, 6.45) is 0. The fourth-order valence-electron chi connectivity index (χ4n) is 4.58. The Labute approximate surface area is 201 Å². The monoisotopic (exact) mass is 474 g/mol. The second kappa shape index (κ2) is 9.63. The van der Waals surface area contributed by atoms with Gasteiger partial charge in [0, 0.05) is 37.4 Å². The molecule has 9 heteroatoms. The van der Waals surface area contributed by atoms with Gasteiger partial charge in [-0.2, -0.15) is 15.4 Å². The second-order valence-electron chi connectivity index (χ2n) is 8.46. The van der Waals surface area contributed by atoms with Crippen LogP contribution in [0, 0.1) is 11.6 Å². The molecule has 2 heterocycles. The zero-order valence-corrected chi connectivity index (χ0v) is 18.9. The van der Waals surface area contributed by atoms with Crippen LogP contribution >= 0.6 is 0 Å². The first-order valence-corrected chi connectivity index (χ1v) is 11.3. The molecule has 0 atom stereocenters. The summed E-state index contributed by atoms with van der Waals surface area (Å²) in [7, 11) is 0. The molecule has 1 aromatic heterocycles. The summed E-state index contributed by atoms with van der Waals surface area (Å²) in [6.45, 7) is 3.12. The van der Waals surface area contributed by atoms with Crippen molar-refractivity contribution >= 4 is 11.6 Å². The number of hydrogen-bond acceptors (Lipinski definition) is 5. The highest BCUT2D eigenvalue weighted by Crippen LogP contribution is 2.31. The Morgan fingerprint density at radius 3 is 1.86 bits per heavy atom. The maximum absolute atomic E-state index is 13.6. The molecule has 0 spiro atoms. The minimum absolute atomic E-state index is 0.0971. The number of nitrogens with two attached hydrogens (primary N) is 1. The van der Waals surface area contributed by atoms with Gasteiger partial charge in [0.15, 0.2) is 5.69 Å². The van der Waals surface area contributed by atoms with Gasteiger partial charge in [0.2, 0.25) is 0 Å². The number of nitrogens with zero attached hydrogens (tertiary/aromatic N) is 4. The molecule has 0 bridgehead atoms. The van der Waals surface area contributed by atoms with E-state index in [4.69, 9.17) is 5.73 Å². The number of benzene rings is 3.